The van der Waals surface area contributed by atoms with Gasteiger partial charge < -0.3 is 9.47 Å². The summed E-state index contributed by atoms with van der Waals surface area (Å²) in [6.07, 6.45) is 3.26. The van der Waals surface area contributed by atoms with Crippen LogP contribution in [0.15, 0.2) is 12.2 Å². The normalized spacial score (nSPS) is 42.2. The Morgan fingerprint density at radius 3 is 2.61 bits per heavy atom. The molecule has 2 saturated carbocycles. The topological polar surface area (TPSA) is 35.5 Å². The van der Waals surface area contributed by atoms with Gasteiger partial charge >= 0.3 is 0 Å². The first-order chi connectivity index (χ1) is 8.47. The molecule has 0 aromatic carbocycles. The largest absolute Gasteiger partial charge is 0.348 e. The monoisotopic (exact) mass is 250 g/mol. The van der Waals surface area contributed by atoms with Gasteiger partial charge in [-0.05, 0) is 25.2 Å². The number of hydrogen-bond donors (Lipinski definition) is 0. The van der Waals surface area contributed by atoms with Gasteiger partial charge in [-0.15, -0.1) is 0 Å². The van der Waals surface area contributed by atoms with Crippen LogP contribution in [0.2, 0.25) is 0 Å². The van der Waals surface area contributed by atoms with E-state index in [-0.39, 0.29) is 5.41 Å². The summed E-state index contributed by atoms with van der Waals surface area (Å²) in [5, 5.41) is 0. The molecule has 100 valence electrons. The number of carbonyl (C=O) groups is 1. The van der Waals surface area contributed by atoms with Crippen LogP contribution in [-0.2, 0) is 14.3 Å². The van der Waals surface area contributed by atoms with Gasteiger partial charge in [0.25, 0.3) is 0 Å². The molecule has 2 aliphatic carbocycles. The summed E-state index contributed by atoms with van der Waals surface area (Å²) in [7, 11) is 0. The van der Waals surface area contributed by atoms with Gasteiger partial charge in [0.05, 0.1) is 13.2 Å². The fourth-order valence-electron chi connectivity index (χ4n) is 4.08. The smallest absolute Gasteiger partial charge is 0.168 e. The third kappa shape index (κ3) is 1.60. The second kappa shape index (κ2) is 3.91. The van der Waals surface area contributed by atoms with E-state index >= 15 is 0 Å². The number of hydrogen-bond acceptors (Lipinski definition) is 3. The highest BCUT2D eigenvalue weighted by molar-refractivity contribution is 5.88. The number of rotatable bonds is 1. The van der Waals surface area contributed by atoms with Crippen molar-refractivity contribution in [3.05, 3.63) is 12.2 Å². The number of carbonyl (C=O) groups excluding carboxylic acids is 1. The molecule has 0 aromatic rings. The van der Waals surface area contributed by atoms with Crippen molar-refractivity contribution in [2.24, 2.45) is 17.3 Å². The maximum atomic E-state index is 12.3. The molecule has 3 aliphatic rings. The Balaban J connectivity index is 1.90. The minimum absolute atomic E-state index is 0.176. The lowest BCUT2D eigenvalue weighted by atomic mass is 9.64. The summed E-state index contributed by atoms with van der Waals surface area (Å²) < 4.78 is 11.7. The van der Waals surface area contributed by atoms with E-state index < -0.39 is 5.79 Å². The Morgan fingerprint density at radius 1 is 1.33 bits per heavy atom. The fraction of sp³-hybridized carbons (Fsp3) is 0.800. The summed E-state index contributed by atoms with van der Waals surface area (Å²) in [5.41, 5.74) is 0.955. The van der Waals surface area contributed by atoms with Crippen molar-refractivity contribution < 1.29 is 14.3 Å². The van der Waals surface area contributed by atoms with Crippen LogP contribution in [0.3, 0.4) is 0 Å². The fourth-order valence-corrected chi connectivity index (χ4v) is 4.08. The number of ether oxygens (including phenoxy) is 2. The van der Waals surface area contributed by atoms with Crippen molar-refractivity contribution in [1.29, 1.82) is 0 Å². The molecule has 1 aliphatic heterocycles. The molecule has 1 saturated heterocycles. The van der Waals surface area contributed by atoms with Crippen molar-refractivity contribution in [1.82, 2.24) is 0 Å². The van der Waals surface area contributed by atoms with E-state index in [1.807, 2.05) is 6.92 Å². The lowest BCUT2D eigenvalue weighted by Crippen LogP contribution is -2.46. The zero-order valence-corrected chi connectivity index (χ0v) is 11.3. The van der Waals surface area contributed by atoms with Gasteiger partial charge in [-0.1, -0.05) is 19.1 Å². The lowest BCUT2D eigenvalue weighted by molar-refractivity contribution is -0.204. The van der Waals surface area contributed by atoms with E-state index in [9.17, 15) is 4.79 Å². The first-order valence-electron chi connectivity index (χ1n) is 6.93. The van der Waals surface area contributed by atoms with Crippen LogP contribution in [0.4, 0.5) is 0 Å². The number of ketones is 1. The van der Waals surface area contributed by atoms with Crippen molar-refractivity contribution >= 4 is 5.78 Å². The minimum atomic E-state index is -0.400. The SMILES string of the molecule is C=C(C)[C@@H]1CC(=O)[C@@]2(C)CCC3(C[C@H]12)OCCO3. The molecule has 0 amide bonds. The highest BCUT2D eigenvalue weighted by atomic mass is 16.7. The van der Waals surface area contributed by atoms with Gasteiger partial charge in [0.15, 0.2) is 5.79 Å². The first-order valence-corrected chi connectivity index (χ1v) is 6.93. The first kappa shape index (κ1) is 12.4. The highest BCUT2D eigenvalue weighted by Crippen LogP contribution is 2.57. The van der Waals surface area contributed by atoms with Gasteiger partial charge in [0.2, 0.25) is 0 Å². The second-order valence-electron chi connectivity index (χ2n) is 6.42. The van der Waals surface area contributed by atoms with Crippen molar-refractivity contribution in [3.8, 4) is 0 Å². The molecular formula is C15H22O3. The highest BCUT2D eigenvalue weighted by Gasteiger charge is 2.58. The van der Waals surface area contributed by atoms with E-state index in [1.165, 1.54) is 0 Å². The van der Waals surface area contributed by atoms with E-state index in [0.29, 0.717) is 37.3 Å². The molecule has 3 atom stereocenters. The minimum Gasteiger partial charge on any atom is -0.348 e. The van der Waals surface area contributed by atoms with Crippen LogP contribution in [0.5, 0.6) is 0 Å². The molecule has 18 heavy (non-hydrogen) atoms. The zero-order valence-electron chi connectivity index (χ0n) is 11.3. The summed E-state index contributed by atoms with van der Waals surface area (Å²) in [4.78, 5) is 12.3. The van der Waals surface area contributed by atoms with E-state index in [0.717, 1.165) is 24.8 Å². The molecule has 0 radical (unpaired) electrons. The van der Waals surface area contributed by atoms with Crippen molar-refractivity contribution in [3.63, 3.8) is 0 Å². The summed E-state index contributed by atoms with van der Waals surface area (Å²) in [6.45, 7) is 9.63. The summed E-state index contributed by atoms with van der Waals surface area (Å²) in [6, 6.07) is 0. The predicted molar refractivity (Wildman–Crippen MR) is 68.0 cm³/mol. The van der Waals surface area contributed by atoms with Crippen LogP contribution >= 0.6 is 0 Å². The predicted octanol–water partition coefficient (Wildman–Crippen LogP) is 2.70. The van der Waals surface area contributed by atoms with Crippen LogP contribution in [0, 0.1) is 17.3 Å². The van der Waals surface area contributed by atoms with Crippen molar-refractivity contribution in [2.75, 3.05) is 13.2 Å². The molecule has 3 nitrogen and oxygen atoms in total. The molecular weight excluding hydrogens is 228 g/mol. The van der Waals surface area contributed by atoms with Gasteiger partial charge in [0, 0.05) is 24.7 Å². The third-order valence-corrected chi connectivity index (χ3v) is 5.35. The zero-order chi connectivity index (χ0) is 13.0. The Labute approximate surface area is 109 Å². The number of fused-ring (bicyclic) bond motifs is 1. The van der Waals surface area contributed by atoms with E-state index in [4.69, 9.17) is 9.47 Å². The van der Waals surface area contributed by atoms with Gasteiger partial charge in [-0.2, -0.15) is 0 Å². The van der Waals surface area contributed by atoms with Gasteiger partial charge in [-0.25, -0.2) is 0 Å². The van der Waals surface area contributed by atoms with Crippen LogP contribution in [0.25, 0.3) is 0 Å². The quantitative estimate of drug-likeness (QED) is 0.671. The number of Topliss-reactive ketones (excluding diaryl/α,β-unsaturated/α-hetero) is 1. The Bertz CT molecular complexity index is 395. The van der Waals surface area contributed by atoms with Gasteiger partial charge in [0.1, 0.15) is 5.78 Å². The maximum Gasteiger partial charge on any atom is 0.168 e. The molecule has 0 N–H and O–H groups in total. The second-order valence-corrected chi connectivity index (χ2v) is 6.42. The van der Waals surface area contributed by atoms with Crippen molar-refractivity contribution in [2.45, 2.75) is 45.3 Å². The molecule has 3 heteroatoms. The molecule has 1 spiro atoms. The average molecular weight is 250 g/mol. The maximum absolute atomic E-state index is 12.3. The summed E-state index contributed by atoms with van der Waals surface area (Å²) >= 11 is 0. The Morgan fingerprint density at radius 2 is 2.00 bits per heavy atom. The van der Waals surface area contributed by atoms with Crippen LogP contribution < -0.4 is 0 Å². The Hall–Kier alpha value is -0.670. The van der Waals surface area contributed by atoms with Gasteiger partial charge in [-0.3, -0.25) is 4.79 Å². The average Bonchev–Trinajstić information content (AvgIpc) is 2.87. The molecule has 1 heterocycles. The van der Waals surface area contributed by atoms with E-state index in [2.05, 4.69) is 13.5 Å². The third-order valence-electron chi connectivity index (χ3n) is 5.35. The Kier molecular flexibility index (Phi) is 2.69. The summed E-state index contributed by atoms with van der Waals surface area (Å²) in [5.74, 6) is 0.665. The van der Waals surface area contributed by atoms with Crippen LogP contribution in [-0.4, -0.2) is 24.8 Å². The lowest BCUT2D eigenvalue weighted by Gasteiger charge is -2.45. The molecule has 3 rings (SSSR count). The number of allylic oxidation sites excluding steroid dienone is 1. The molecule has 3 fully saturated rings. The molecule has 0 aromatic heterocycles. The van der Waals surface area contributed by atoms with Crippen LogP contribution in [0.1, 0.15) is 39.5 Å². The standard InChI is InChI=1S/C15H22O3/c1-10(2)11-8-13(16)14(3)4-5-15(9-12(11)14)17-6-7-18-15/h11-12H,1,4-9H2,2-3H3/t11-,12+,14-/m0/s1. The molecule has 0 unspecified atom stereocenters. The molecule has 0 bridgehead atoms. The van der Waals surface area contributed by atoms with E-state index in [1.54, 1.807) is 0 Å².